The lowest BCUT2D eigenvalue weighted by Gasteiger charge is -2.57. The second kappa shape index (κ2) is 10.2. The van der Waals surface area contributed by atoms with Gasteiger partial charge in [0.2, 0.25) is 5.91 Å². The number of ether oxygens (including phenoxy) is 2. The molecule has 1 aromatic rings. The van der Waals surface area contributed by atoms with E-state index < -0.39 is 50.5 Å². The zero-order valence-electron chi connectivity index (χ0n) is 19.7. The largest absolute Gasteiger partial charge is 0.457 e. The van der Waals surface area contributed by atoms with Crippen molar-refractivity contribution in [2.75, 3.05) is 13.2 Å². The second-order valence-electron chi connectivity index (χ2n) is 9.13. The van der Waals surface area contributed by atoms with E-state index in [-0.39, 0.29) is 17.6 Å². The number of hydrogen-bond acceptors (Lipinski definition) is 6. The third-order valence-electron chi connectivity index (χ3n) is 6.02. The first kappa shape index (κ1) is 26.1. The molecule has 2 amide bonds. The monoisotopic (exact) mass is 474 g/mol. The molecule has 2 atom stereocenters. The van der Waals surface area contributed by atoms with Crippen LogP contribution < -0.4 is 5.32 Å². The molecule has 1 saturated heterocycles. The number of ketones is 1. The summed E-state index contributed by atoms with van der Waals surface area (Å²) in [4.78, 5) is 52.7. The van der Waals surface area contributed by atoms with Crippen LogP contribution in [0.5, 0.6) is 0 Å². The predicted octanol–water partition coefficient (Wildman–Crippen LogP) is 1.78. The number of carbonyl (C=O) groups is 4. The van der Waals surface area contributed by atoms with Crippen LogP contribution in [0.4, 0.5) is 0 Å². The van der Waals surface area contributed by atoms with E-state index in [0.717, 1.165) is 0 Å². The molecule has 1 fully saturated rings. The maximum Gasteiger partial charge on any atom is 0.443 e. The molecule has 0 saturated carbocycles. The Morgan fingerprint density at radius 3 is 2.30 bits per heavy atom. The molecule has 2 rings (SSSR count). The quantitative estimate of drug-likeness (QED) is 0.110. The number of benzene rings is 1. The summed E-state index contributed by atoms with van der Waals surface area (Å²) < 4.78 is 12.1. The van der Waals surface area contributed by atoms with Gasteiger partial charge in [0, 0.05) is 5.56 Å². The van der Waals surface area contributed by atoms with Crippen molar-refractivity contribution >= 4 is 37.5 Å². The highest BCUT2D eigenvalue weighted by Crippen LogP contribution is 2.43. The number of nitrogens with one attached hydrogen (secondary N) is 1. The Kier molecular flexibility index (Phi) is 8.07. The molecule has 0 aromatic heterocycles. The molecule has 1 aliphatic heterocycles. The molecule has 0 bridgehead atoms. The van der Waals surface area contributed by atoms with Crippen LogP contribution >= 0.6 is 0 Å². The number of esters is 1. The fraction of sp³-hybridized carbons (Fsp3) is 0.500. The van der Waals surface area contributed by atoms with Crippen LogP contribution in [0.15, 0.2) is 30.3 Å². The Labute approximate surface area is 193 Å². The normalized spacial score (nSPS) is 18.1. The molecule has 0 spiro atoms. The Hall–Kier alpha value is -3.14. The molecule has 11 heteroatoms. The van der Waals surface area contributed by atoms with E-state index in [9.17, 15) is 19.2 Å². The molecule has 1 N–H and O–H groups in total. The summed E-state index contributed by atoms with van der Waals surface area (Å²) in [5.41, 5.74) is 8.63. The van der Waals surface area contributed by atoms with E-state index in [4.69, 9.17) is 15.0 Å². The van der Waals surface area contributed by atoms with E-state index in [1.165, 1.54) is 0 Å². The van der Waals surface area contributed by atoms with Gasteiger partial charge >= 0.3 is 11.7 Å². The van der Waals surface area contributed by atoms with Gasteiger partial charge in [-0.25, -0.2) is 4.79 Å². The molecule has 1 aromatic carbocycles. The van der Waals surface area contributed by atoms with Crippen LogP contribution in [0.1, 0.15) is 38.1 Å². The minimum Gasteiger partial charge on any atom is -0.457 e. The second-order valence-corrected chi connectivity index (χ2v) is 14.2. The highest BCUT2D eigenvalue weighted by Gasteiger charge is 2.59. The van der Waals surface area contributed by atoms with Gasteiger partial charge in [-0.15, -0.1) is 0 Å². The first-order valence-corrected chi connectivity index (χ1v) is 13.5. The van der Waals surface area contributed by atoms with Crippen molar-refractivity contribution in [2.24, 2.45) is 0 Å². The van der Waals surface area contributed by atoms with Crippen molar-refractivity contribution < 1.29 is 33.4 Å². The summed E-state index contributed by atoms with van der Waals surface area (Å²) in [6.45, 7) is 10.9. The van der Waals surface area contributed by atoms with Crippen LogP contribution in [0.3, 0.4) is 0 Å². The lowest BCUT2D eigenvalue weighted by Crippen LogP contribution is -2.79. The number of β-lactam (4-membered cyclic amide) rings is 1. The molecule has 33 heavy (non-hydrogen) atoms. The molecule has 1 heterocycles. The van der Waals surface area contributed by atoms with E-state index in [0.29, 0.717) is 5.56 Å². The van der Waals surface area contributed by atoms with Gasteiger partial charge < -0.3 is 24.9 Å². The minimum atomic E-state index is -2.44. The average molecular weight is 475 g/mol. The standard InChI is InChI=1S/C22H30N4O6Si/c1-7-31-21(30)16(25-23)15(27)13-32-20-17(24-18(28)14-11-9-8-10-12-14)19(29)26(20)33(5,6)22(2,3)4/h8-12,17,20H,7,13H2,1-6H3,(H,24,28)/t17-,20+/m0/s1. The molecular weight excluding hydrogens is 444 g/mol. The summed E-state index contributed by atoms with van der Waals surface area (Å²) in [5, 5.41) is 2.45. The number of carbonyl (C=O) groups excluding carboxylic acids is 4. The number of hydrogen-bond donors (Lipinski definition) is 1. The summed E-state index contributed by atoms with van der Waals surface area (Å²) in [7, 11) is -2.44. The summed E-state index contributed by atoms with van der Waals surface area (Å²) in [6, 6.07) is 7.41. The van der Waals surface area contributed by atoms with Crippen LogP contribution in [-0.2, 0) is 23.9 Å². The molecular formula is C22H30N4O6Si. The van der Waals surface area contributed by atoms with Crippen molar-refractivity contribution in [3.63, 3.8) is 0 Å². The third-order valence-corrected chi connectivity index (χ3v) is 11.4. The Morgan fingerprint density at radius 2 is 1.79 bits per heavy atom. The van der Waals surface area contributed by atoms with Crippen LogP contribution in [0.25, 0.3) is 5.53 Å². The van der Waals surface area contributed by atoms with Gasteiger partial charge in [0.25, 0.3) is 11.7 Å². The number of nitrogens with zero attached hydrogens (tertiary/aromatic N) is 3. The van der Waals surface area contributed by atoms with Gasteiger partial charge in [-0.2, -0.15) is 4.79 Å². The van der Waals surface area contributed by atoms with Gasteiger partial charge in [-0.05, 0) is 24.1 Å². The smallest absolute Gasteiger partial charge is 0.443 e. The fourth-order valence-electron chi connectivity index (χ4n) is 3.18. The first-order chi connectivity index (χ1) is 15.4. The molecule has 1 aliphatic rings. The summed E-state index contributed by atoms with van der Waals surface area (Å²) in [5.74, 6) is -2.73. The maximum absolute atomic E-state index is 13.1. The Bertz CT molecular complexity index is 982. The Balaban J connectivity index is 2.25. The van der Waals surface area contributed by atoms with E-state index >= 15 is 0 Å². The molecule has 0 unspecified atom stereocenters. The zero-order valence-corrected chi connectivity index (χ0v) is 20.7. The molecule has 10 nitrogen and oxygen atoms in total. The third kappa shape index (κ3) is 5.44. The summed E-state index contributed by atoms with van der Waals surface area (Å²) >= 11 is 0. The maximum atomic E-state index is 13.1. The molecule has 0 aliphatic carbocycles. The highest BCUT2D eigenvalue weighted by atomic mass is 28.3. The lowest BCUT2D eigenvalue weighted by molar-refractivity contribution is -0.171. The summed E-state index contributed by atoms with van der Waals surface area (Å²) in [6.07, 6.45) is -0.919. The molecule has 0 radical (unpaired) electrons. The van der Waals surface area contributed by atoms with Gasteiger partial charge in [-0.1, -0.05) is 52.1 Å². The van der Waals surface area contributed by atoms with Crippen molar-refractivity contribution in [3.05, 3.63) is 41.4 Å². The van der Waals surface area contributed by atoms with Crippen LogP contribution in [0, 0.1) is 0 Å². The van der Waals surface area contributed by atoms with Gasteiger partial charge in [-0.3, -0.25) is 14.4 Å². The van der Waals surface area contributed by atoms with Crippen molar-refractivity contribution in [1.29, 1.82) is 0 Å². The van der Waals surface area contributed by atoms with E-state index in [2.05, 4.69) is 10.1 Å². The van der Waals surface area contributed by atoms with Crippen molar-refractivity contribution in [2.45, 2.75) is 58.1 Å². The Morgan fingerprint density at radius 1 is 1.18 bits per heavy atom. The van der Waals surface area contributed by atoms with Gasteiger partial charge in [0.1, 0.15) is 6.61 Å². The fourth-order valence-corrected chi connectivity index (χ4v) is 5.45. The number of Topliss-reactive ketones (excluding diaryl/α,β-unsaturated/α-hetero) is 1. The SMILES string of the molecule is CCOC(=O)C(=[N+]=[N-])C(=O)CO[C@@H]1[C@@H](NC(=O)c2ccccc2)C(=O)N1[Si](C)(C)C(C)(C)C. The van der Waals surface area contributed by atoms with E-state index in [1.54, 1.807) is 41.8 Å². The minimum absolute atomic E-state index is 0.00411. The van der Waals surface area contributed by atoms with E-state index in [1.807, 2.05) is 33.9 Å². The van der Waals surface area contributed by atoms with Gasteiger partial charge in [0.15, 0.2) is 20.5 Å². The lowest BCUT2D eigenvalue weighted by atomic mass is 10.1. The number of rotatable bonds is 9. The van der Waals surface area contributed by atoms with Crippen LogP contribution in [-0.4, -0.2) is 72.4 Å². The van der Waals surface area contributed by atoms with Gasteiger partial charge in [0.05, 0.1) is 6.61 Å². The van der Waals surface area contributed by atoms with Crippen LogP contribution in [0.2, 0.25) is 18.1 Å². The van der Waals surface area contributed by atoms with Crippen molar-refractivity contribution in [3.8, 4) is 0 Å². The first-order valence-electron chi connectivity index (χ1n) is 10.6. The topological polar surface area (TPSA) is 138 Å². The average Bonchev–Trinajstić information content (AvgIpc) is 2.74. The highest BCUT2D eigenvalue weighted by molar-refractivity contribution is 6.80. The molecule has 178 valence electrons. The van der Waals surface area contributed by atoms with Crippen molar-refractivity contribution in [1.82, 2.24) is 9.88 Å². The zero-order chi connectivity index (χ0) is 25.0. The number of amides is 2. The predicted molar refractivity (Wildman–Crippen MR) is 122 cm³/mol.